The molecule has 1 N–H and O–H groups in total. The van der Waals surface area contributed by atoms with E-state index in [0.29, 0.717) is 0 Å². The molecule has 1 fully saturated rings. The number of hydrogen-bond donors (Lipinski definition) is 1. The number of carbonyl (C=O) groups excluding carboxylic acids is 1. The highest BCUT2D eigenvalue weighted by atomic mass is 19.4. The van der Waals surface area contributed by atoms with Crippen molar-refractivity contribution in [3.63, 3.8) is 0 Å². The summed E-state index contributed by atoms with van der Waals surface area (Å²) in [4.78, 5) is 25.8. The number of benzene rings is 1. The lowest BCUT2D eigenvalue weighted by molar-refractivity contribution is -0.146. The summed E-state index contributed by atoms with van der Waals surface area (Å²) in [5.74, 6) is -1.86. The molecule has 150 valence electrons. The monoisotopic (exact) mass is 392 g/mol. The van der Waals surface area contributed by atoms with Crippen molar-refractivity contribution < 1.29 is 37.0 Å². The highest BCUT2D eigenvalue weighted by Crippen LogP contribution is 2.31. The fourth-order valence-electron chi connectivity index (χ4n) is 2.82. The van der Waals surface area contributed by atoms with Gasteiger partial charge in [0.25, 0.3) is 5.91 Å². The summed E-state index contributed by atoms with van der Waals surface area (Å²) >= 11 is 0. The number of carbonyl (C=O) groups is 2. The topological polar surface area (TPSA) is 70.1 Å². The van der Waals surface area contributed by atoms with Gasteiger partial charge in [-0.2, -0.15) is 13.2 Å². The molecule has 1 aromatic rings. The second kappa shape index (κ2) is 8.66. The van der Waals surface area contributed by atoms with Crippen LogP contribution in [0.2, 0.25) is 0 Å². The number of likely N-dealkylation sites (N-methyl/N-ethyl adjacent to an activating group) is 1. The van der Waals surface area contributed by atoms with Crippen LogP contribution in [-0.4, -0.2) is 72.7 Å². The molecule has 0 radical (unpaired) electrons. The number of alkyl halides is 4. The molecule has 1 aliphatic heterocycles. The van der Waals surface area contributed by atoms with Gasteiger partial charge in [-0.15, -0.1) is 0 Å². The molecule has 6 nitrogen and oxygen atoms in total. The summed E-state index contributed by atoms with van der Waals surface area (Å²) in [7, 11) is 1.58. The molecule has 10 heteroatoms. The summed E-state index contributed by atoms with van der Waals surface area (Å²) in [5.41, 5.74) is -1.07. The Kier molecular flexibility index (Phi) is 6.77. The van der Waals surface area contributed by atoms with Crippen molar-refractivity contribution in [3.05, 3.63) is 35.4 Å². The van der Waals surface area contributed by atoms with Crippen LogP contribution in [0, 0.1) is 0 Å². The number of hydrogen-bond acceptors (Lipinski definition) is 4. The van der Waals surface area contributed by atoms with Crippen LogP contribution in [0.4, 0.5) is 17.6 Å². The van der Waals surface area contributed by atoms with E-state index in [1.165, 1.54) is 9.80 Å². The van der Waals surface area contributed by atoms with Crippen molar-refractivity contribution in [2.75, 3.05) is 39.8 Å². The van der Waals surface area contributed by atoms with Crippen molar-refractivity contribution in [2.45, 2.75) is 18.5 Å². The van der Waals surface area contributed by atoms with Crippen molar-refractivity contribution in [1.82, 2.24) is 9.80 Å². The highest BCUT2D eigenvalue weighted by Gasteiger charge is 2.33. The summed E-state index contributed by atoms with van der Waals surface area (Å²) in [6.07, 6.45) is -7.09. The first-order valence-corrected chi connectivity index (χ1v) is 8.20. The van der Waals surface area contributed by atoms with Crippen molar-refractivity contribution in [2.24, 2.45) is 0 Å². The van der Waals surface area contributed by atoms with Crippen molar-refractivity contribution >= 4 is 11.9 Å². The van der Waals surface area contributed by atoms with Crippen LogP contribution in [0.15, 0.2) is 24.3 Å². The van der Waals surface area contributed by atoms with Crippen molar-refractivity contribution in [1.29, 1.82) is 0 Å². The van der Waals surface area contributed by atoms with Crippen LogP contribution in [0.1, 0.15) is 17.3 Å². The molecular weight excluding hydrogens is 372 g/mol. The van der Waals surface area contributed by atoms with Crippen molar-refractivity contribution in [3.8, 4) is 0 Å². The minimum atomic E-state index is -4.53. The molecule has 0 saturated carbocycles. The van der Waals surface area contributed by atoms with Gasteiger partial charge in [0.1, 0.15) is 0 Å². The van der Waals surface area contributed by atoms with Gasteiger partial charge in [-0.1, -0.05) is 12.1 Å². The Hall–Kier alpha value is -2.20. The molecule has 2 unspecified atom stereocenters. The minimum absolute atomic E-state index is 0.0733. The molecule has 0 bridgehead atoms. The Morgan fingerprint density at radius 2 is 1.96 bits per heavy atom. The van der Waals surface area contributed by atoms with Gasteiger partial charge in [0, 0.05) is 19.6 Å². The van der Waals surface area contributed by atoms with Gasteiger partial charge < -0.3 is 14.7 Å². The zero-order valence-corrected chi connectivity index (χ0v) is 14.6. The normalized spacial score (nSPS) is 19.2. The Morgan fingerprint density at radius 3 is 2.52 bits per heavy atom. The molecule has 1 aromatic carbocycles. The summed E-state index contributed by atoms with van der Waals surface area (Å²) in [6.45, 7) is 0.429. The van der Waals surface area contributed by atoms with Gasteiger partial charge in [0.2, 0.25) is 6.17 Å². The Balaban J connectivity index is 1.98. The van der Waals surface area contributed by atoms with Crippen LogP contribution >= 0.6 is 0 Å². The maximum atomic E-state index is 14.5. The third-order valence-corrected chi connectivity index (χ3v) is 4.12. The SMILES string of the molecule is CN(CC(=O)O)CC1CN(C(=O)C(F)c2ccc(C(F)(F)F)cc2)CCO1. The third-order valence-electron chi connectivity index (χ3n) is 4.12. The zero-order chi connectivity index (χ0) is 20.2. The number of carboxylic acids is 1. The first kappa shape index (κ1) is 21.1. The number of morpholine rings is 1. The van der Waals surface area contributed by atoms with E-state index >= 15 is 0 Å². The molecule has 1 aliphatic rings. The molecule has 2 atom stereocenters. The number of rotatable bonds is 6. The summed E-state index contributed by atoms with van der Waals surface area (Å²) in [5, 5.41) is 8.76. The first-order valence-electron chi connectivity index (χ1n) is 8.20. The van der Waals surface area contributed by atoms with E-state index in [1.54, 1.807) is 7.05 Å². The first-order chi connectivity index (χ1) is 12.6. The van der Waals surface area contributed by atoms with E-state index in [2.05, 4.69) is 0 Å². The third kappa shape index (κ3) is 5.90. The van der Waals surface area contributed by atoms with Crippen LogP contribution < -0.4 is 0 Å². The molecule has 1 amide bonds. The van der Waals surface area contributed by atoms with Gasteiger partial charge in [-0.05, 0) is 24.7 Å². The lowest BCUT2D eigenvalue weighted by atomic mass is 10.1. The van der Waals surface area contributed by atoms with E-state index in [4.69, 9.17) is 9.84 Å². The number of nitrogens with zero attached hydrogens (tertiary/aromatic N) is 2. The minimum Gasteiger partial charge on any atom is -0.480 e. The van der Waals surface area contributed by atoms with Gasteiger partial charge in [-0.25, -0.2) is 4.39 Å². The Morgan fingerprint density at radius 1 is 1.33 bits per heavy atom. The van der Waals surface area contributed by atoms with E-state index in [-0.39, 0.29) is 38.3 Å². The standard InChI is InChI=1S/C17H20F4N2O4/c1-22(10-14(24)25)8-13-9-23(6-7-27-13)16(26)15(18)11-2-4-12(5-3-11)17(19,20)21/h2-5,13,15H,6-10H2,1H3,(H,24,25). The zero-order valence-electron chi connectivity index (χ0n) is 14.6. The van der Waals surface area contributed by atoms with E-state index in [0.717, 1.165) is 24.3 Å². The lowest BCUT2D eigenvalue weighted by Gasteiger charge is -2.35. The second-order valence-electron chi connectivity index (χ2n) is 6.35. The summed E-state index contributed by atoms with van der Waals surface area (Å²) < 4.78 is 57.7. The molecule has 0 aliphatic carbocycles. The molecule has 0 spiro atoms. The van der Waals surface area contributed by atoms with Gasteiger partial charge >= 0.3 is 12.1 Å². The molecular formula is C17H20F4N2O4. The average Bonchev–Trinajstić information content (AvgIpc) is 2.59. The van der Waals surface area contributed by atoms with Crippen LogP contribution in [0.25, 0.3) is 0 Å². The number of ether oxygens (including phenoxy) is 1. The van der Waals surface area contributed by atoms with Gasteiger partial charge in [-0.3, -0.25) is 14.5 Å². The summed E-state index contributed by atoms with van der Waals surface area (Å²) in [6, 6.07) is 3.37. The van der Waals surface area contributed by atoms with Gasteiger partial charge in [0.15, 0.2) is 0 Å². The second-order valence-corrected chi connectivity index (χ2v) is 6.35. The van der Waals surface area contributed by atoms with E-state index < -0.39 is 35.9 Å². The fourth-order valence-corrected chi connectivity index (χ4v) is 2.82. The number of amides is 1. The van der Waals surface area contributed by atoms with Crippen LogP contribution in [-0.2, 0) is 20.5 Å². The number of aliphatic carboxylic acids is 1. The van der Waals surface area contributed by atoms with Crippen LogP contribution in [0.3, 0.4) is 0 Å². The molecule has 0 aromatic heterocycles. The quantitative estimate of drug-likeness (QED) is 0.750. The number of carboxylic acid groups (broad SMARTS) is 1. The van der Waals surface area contributed by atoms with Crippen LogP contribution in [0.5, 0.6) is 0 Å². The predicted molar refractivity (Wildman–Crippen MR) is 86.7 cm³/mol. The smallest absolute Gasteiger partial charge is 0.416 e. The Bertz CT molecular complexity index is 666. The molecule has 1 heterocycles. The predicted octanol–water partition coefficient (Wildman–Crippen LogP) is 1.96. The fraction of sp³-hybridized carbons (Fsp3) is 0.529. The Labute approximate surface area is 153 Å². The largest absolute Gasteiger partial charge is 0.480 e. The number of halogens is 4. The van der Waals surface area contributed by atoms with Gasteiger partial charge in [0.05, 0.1) is 24.8 Å². The maximum Gasteiger partial charge on any atom is 0.416 e. The molecule has 2 rings (SSSR count). The van der Waals surface area contributed by atoms with E-state index in [9.17, 15) is 27.2 Å². The highest BCUT2D eigenvalue weighted by molar-refractivity contribution is 5.82. The molecule has 27 heavy (non-hydrogen) atoms. The van der Waals surface area contributed by atoms with E-state index in [1.807, 2.05) is 0 Å². The average molecular weight is 392 g/mol. The maximum absolute atomic E-state index is 14.5. The molecule has 1 saturated heterocycles. The lowest BCUT2D eigenvalue weighted by Crippen LogP contribution is -2.50.